The van der Waals surface area contributed by atoms with E-state index in [1.807, 2.05) is 73.7 Å². The van der Waals surface area contributed by atoms with Gasteiger partial charge in [0.05, 0.1) is 33.2 Å². The van der Waals surface area contributed by atoms with Gasteiger partial charge in [-0.3, -0.25) is 0 Å². The number of hydrogen-bond acceptors (Lipinski definition) is 6. The number of rotatable bonds is 3. The SMILES string of the molecule is Cc1cccc(NC2=Nc3ccccc3N3C2=Nc2c(c(C)nn2-c2ccccn2)[C@H]3c2ccc(Cl)c(Cl)c2)c1. The molecular weight excluding hydrogens is 541 g/mol. The van der Waals surface area contributed by atoms with Crippen molar-refractivity contribution >= 4 is 57.8 Å². The predicted molar refractivity (Wildman–Crippen MR) is 162 cm³/mol. The molecule has 0 radical (unpaired) electrons. The van der Waals surface area contributed by atoms with Gasteiger partial charge in [0.1, 0.15) is 0 Å². The van der Waals surface area contributed by atoms with Crippen LogP contribution >= 0.6 is 23.2 Å². The number of aromatic nitrogens is 3. The summed E-state index contributed by atoms with van der Waals surface area (Å²) in [6.07, 6.45) is 1.75. The minimum atomic E-state index is -0.305. The summed E-state index contributed by atoms with van der Waals surface area (Å²) < 4.78 is 1.80. The first-order chi connectivity index (χ1) is 19.5. The van der Waals surface area contributed by atoms with Crippen LogP contribution in [0.15, 0.2) is 101 Å². The van der Waals surface area contributed by atoms with E-state index in [0.29, 0.717) is 33.4 Å². The molecule has 1 N–H and O–H groups in total. The van der Waals surface area contributed by atoms with Crippen LogP contribution in [0, 0.1) is 13.8 Å². The van der Waals surface area contributed by atoms with E-state index >= 15 is 0 Å². The molecule has 0 bridgehead atoms. The Bertz CT molecular complexity index is 1840. The summed E-state index contributed by atoms with van der Waals surface area (Å²) in [5.74, 6) is 2.67. The van der Waals surface area contributed by atoms with Crippen LogP contribution in [0.5, 0.6) is 0 Å². The lowest BCUT2D eigenvalue weighted by Crippen LogP contribution is -2.46. The van der Waals surface area contributed by atoms with Crippen LogP contribution in [0.25, 0.3) is 5.82 Å². The van der Waals surface area contributed by atoms with Gasteiger partial charge >= 0.3 is 0 Å². The highest BCUT2D eigenvalue weighted by Crippen LogP contribution is 2.48. The smallest absolute Gasteiger partial charge is 0.179 e. The molecule has 0 aliphatic carbocycles. The van der Waals surface area contributed by atoms with E-state index in [0.717, 1.165) is 39.4 Å². The predicted octanol–water partition coefficient (Wildman–Crippen LogP) is 7.99. The summed E-state index contributed by atoms with van der Waals surface area (Å²) in [6, 6.07) is 27.4. The summed E-state index contributed by atoms with van der Waals surface area (Å²) in [5, 5.41) is 9.43. The van der Waals surface area contributed by atoms with Gasteiger partial charge in [-0.15, -0.1) is 0 Å². The number of amidine groups is 2. The normalized spacial score (nSPS) is 15.5. The maximum atomic E-state index is 6.58. The maximum absolute atomic E-state index is 6.58. The van der Waals surface area contributed by atoms with Crippen LogP contribution in [0.4, 0.5) is 22.9 Å². The number of nitrogens with zero attached hydrogens (tertiary/aromatic N) is 6. The molecule has 2 aliphatic heterocycles. The van der Waals surface area contributed by atoms with Crippen molar-refractivity contribution in [3.05, 3.63) is 124 Å². The third kappa shape index (κ3) is 4.06. The van der Waals surface area contributed by atoms with Crippen LogP contribution in [0.1, 0.15) is 28.4 Å². The summed E-state index contributed by atoms with van der Waals surface area (Å²) in [4.78, 5) is 17.0. The number of fused-ring (bicyclic) bond motifs is 4. The molecule has 0 spiro atoms. The van der Waals surface area contributed by atoms with Gasteiger partial charge in [0.2, 0.25) is 0 Å². The Hall–Kier alpha value is -4.46. The lowest BCUT2D eigenvalue weighted by atomic mass is 9.93. The molecule has 4 heterocycles. The van der Waals surface area contributed by atoms with E-state index in [-0.39, 0.29) is 6.04 Å². The van der Waals surface area contributed by atoms with Crippen LogP contribution in [0.2, 0.25) is 10.0 Å². The van der Waals surface area contributed by atoms with Crippen LogP contribution < -0.4 is 10.2 Å². The molecule has 0 saturated carbocycles. The first-order valence-corrected chi connectivity index (χ1v) is 13.6. The van der Waals surface area contributed by atoms with Crippen molar-refractivity contribution in [2.24, 2.45) is 9.98 Å². The first-order valence-electron chi connectivity index (χ1n) is 12.8. The number of aliphatic imine (C=N–C) groups is 2. The third-order valence-corrected chi connectivity index (χ3v) is 7.78. The van der Waals surface area contributed by atoms with Crippen molar-refractivity contribution in [3.8, 4) is 5.82 Å². The first kappa shape index (κ1) is 24.6. The van der Waals surface area contributed by atoms with E-state index in [2.05, 4.69) is 40.3 Å². The molecule has 40 heavy (non-hydrogen) atoms. The number of benzene rings is 3. The molecule has 0 saturated heterocycles. The van der Waals surface area contributed by atoms with E-state index < -0.39 is 0 Å². The van der Waals surface area contributed by atoms with Crippen molar-refractivity contribution < 1.29 is 0 Å². The maximum Gasteiger partial charge on any atom is 0.179 e. The van der Waals surface area contributed by atoms with Crippen molar-refractivity contribution in [2.75, 3.05) is 10.2 Å². The molecule has 2 aromatic heterocycles. The highest BCUT2D eigenvalue weighted by Gasteiger charge is 2.41. The zero-order valence-corrected chi connectivity index (χ0v) is 23.2. The minimum Gasteiger partial charge on any atom is -0.337 e. The fraction of sp³-hybridized carbons (Fsp3) is 0.0968. The Morgan fingerprint density at radius 2 is 1.68 bits per heavy atom. The fourth-order valence-electron chi connectivity index (χ4n) is 5.29. The average Bonchev–Trinajstić information content (AvgIpc) is 3.30. The van der Waals surface area contributed by atoms with Crippen molar-refractivity contribution in [1.82, 2.24) is 14.8 Å². The molecule has 3 aromatic carbocycles. The zero-order chi connectivity index (χ0) is 27.4. The number of pyridine rings is 1. The Kier molecular flexibility index (Phi) is 5.91. The molecule has 5 aromatic rings. The van der Waals surface area contributed by atoms with E-state index in [4.69, 9.17) is 38.3 Å². The number of para-hydroxylation sites is 2. The molecule has 1 atom stereocenters. The van der Waals surface area contributed by atoms with Gasteiger partial charge in [-0.25, -0.2) is 15.0 Å². The van der Waals surface area contributed by atoms with E-state index in [1.165, 1.54) is 0 Å². The van der Waals surface area contributed by atoms with Crippen molar-refractivity contribution in [2.45, 2.75) is 19.9 Å². The van der Waals surface area contributed by atoms with Crippen LogP contribution in [0.3, 0.4) is 0 Å². The number of anilines is 2. The molecule has 7 rings (SSSR count). The molecule has 2 aliphatic rings. The largest absolute Gasteiger partial charge is 0.337 e. The summed E-state index contributed by atoms with van der Waals surface area (Å²) >= 11 is 12.9. The Labute approximate surface area is 241 Å². The quantitative estimate of drug-likeness (QED) is 0.241. The van der Waals surface area contributed by atoms with E-state index in [1.54, 1.807) is 10.9 Å². The van der Waals surface area contributed by atoms with Crippen molar-refractivity contribution in [3.63, 3.8) is 0 Å². The number of hydrogen-bond donors (Lipinski definition) is 1. The highest BCUT2D eigenvalue weighted by molar-refractivity contribution is 6.51. The molecule has 9 heteroatoms. The van der Waals surface area contributed by atoms with Crippen molar-refractivity contribution in [1.29, 1.82) is 0 Å². The number of aryl methyl sites for hydroxylation is 2. The zero-order valence-electron chi connectivity index (χ0n) is 21.7. The molecule has 196 valence electrons. The molecule has 7 nitrogen and oxygen atoms in total. The second kappa shape index (κ2) is 9.62. The lowest BCUT2D eigenvalue weighted by molar-refractivity contribution is 0.810. The summed E-state index contributed by atoms with van der Waals surface area (Å²) in [7, 11) is 0. The van der Waals surface area contributed by atoms with Gasteiger partial charge in [-0.05, 0) is 73.5 Å². The molecule has 0 unspecified atom stereocenters. The fourth-order valence-corrected chi connectivity index (χ4v) is 5.60. The monoisotopic (exact) mass is 563 g/mol. The summed E-state index contributed by atoms with van der Waals surface area (Å²) in [6.45, 7) is 4.06. The second-order valence-corrected chi connectivity index (χ2v) is 10.6. The number of nitrogens with one attached hydrogen (secondary N) is 1. The standard InChI is InChI=1S/C31H23Cl2N7/c1-18-8-7-9-21(16-18)35-29-31-37-30-27(19(2)38-40(30)26-12-5-6-15-34-26)28(20-13-14-22(32)23(33)17-20)39(31)25-11-4-3-10-24(25)36-29/h3-17,28H,1-2H3,(H,35,36)/t28-/m1/s1. The third-order valence-electron chi connectivity index (χ3n) is 7.04. The van der Waals surface area contributed by atoms with Crippen LogP contribution in [-0.4, -0.2) is 26.4 Å². The Balaban J connectivity index is 1.51. The molecule has 0 fully saturated rings. The summed E-state index contributed by atoms with van der Waals surface area (Å²) in [5.41, 5.74) is 6.59. The van der Waals surface area contributed by atoms with Gasteiger partial charge in [0, 0.05) is 17.4 Å². The highest BCUT2D eigenvalue weighted by atomic mass is 35.5. The molecular formula is C31H23Cl2N7. The van der Waals surface area contributed by atoms with Gasteiger partial charge in [-0.1, -0.05) is 59.6 Å². The Morgan fingerprint density at radius 3 is 2.48 bits per heavy atom. The van der Waals surface area contributed by atoms with Gasteiger partial charge in [0.25, 0.3) is 0 Å². The molecule has 0 amide bonds. The minimum absolute atomic E-state index is 0.305. The number of halogens is 2. The topological polar surface area (TPSA) is 70.7 Å². The van der Waals surface area contributed by atoms with Gasteiger partial charge < -0.3 is 10.2 Å². The lowest BCUT2D eigenvalue weighted by Gasteiger charge is -2.40. The average molecular weight is 564 g/mol. The van der Waals surface area contributed by atoms with Crippen LogP contribution in [-0.2, 0) is 0 Å². The van der Waals surface area contributed by atoms with Gasteiger partial charge in [0.15, 0.2) is 23.3 Å². The second-order valence-electron chi connectivity index (χ2n) is 9.75. The van der Waals surface area contributed by atoms with E-state index in [9.17, 15) is 0 Å². The van der Waals surface area contributed by atoms with Gasteiger partial charge in [-0.2, -0.15) is 9.78 Å². The Morgan fingerprint density at radius 1 is 0.825 bits per heavy atom.